The van der Waals surface area contributed by atoms with E-state index in [1.807, 2.05) is 0 Å². The van der Waals surface area contributed by atoms with Gasteiger partial charge in [0.2, 0.25) is 5.88 Å². The summed E-state index contributed by atoms with van der Waals surface area (Å²) in [5.74, 6) is 0.586. The van der Waals surface area contributed by atoms with Gasteiger partial charge in [0.05, 0.1) is 11.4 Å². The van der Waals surface area contributed by atoms with Crippen LogP contribution < -0.4 is 10.5 Å². The molecular formula is C15H16FN3O. The lowest BCUT2D eigenvalue weighted by Crippen LogP contribution is -2.02. The molecule has 0 spiro atoms. The number of ether oxygens (including phenoxy) is 1. The van der Waals surface area contributed by atoms with Crippen LogP contribution in [0.1, 0.15) is 30.5 Å². The minimum atomic E-state index is -0.378. The van der Waals surface area contributed by atoms with Crippen LogP contribution in [0.3, 0.4) is 0 Å². The molecule has 4 nitrogen and oxygen atoms in total. The van der Waals surface area contributed by atoms with E-state index >= 15 is 0 Å². The summed E-state index contributed by atoms with van der Waals surface area (Å²) in [5.41, 5.74) is 8.14. The molecule has 0 unspecified atom stereocenters. The second kappa shape index (κ2) is 5.45. The molecule has 1 aromatic carbocycles. The number of nitrogen functional groups attached to an aromatic ring is 1. The molecular weight excluding hydrogens is 257 g/mol. The van der Waals surface area contributed by atoms with Crippen molar-refractivity contribution in [2.45, 2.75) is 32.1 Å². The molecule has 0 fully saturated rings. The lowest BCUT2D eigenvalue weighted by Gasteiger charge is -2.12. The van der Waals surface area contributed by atoms with Gasteiger partial charge < -0.3 is 10.5 Å². The van der Waals surface area contributed by atoms with Crippen LogP contribution in [0.15, 0.2) is 24.5 Å². The standard InChI is InChI=1S/C15H16FN3O/c16-10-6-7-14(12(17)8-10)20-15-11-4-2-1-3-5-13(11)18-9-19-15/h6-9H,1-5,17H2. The Kier molecular flexibility index (Phi) is 3.50. The highest BCUT2D eigenvalue weighted by Gasteiger charge is 2.16. The highest BCUT2D eigenvalue weighted by atomic mass is 19.1. The van der Waals surface area contributed by atoms with Crippen LogP contribution in [-0.2, 0) is 12.8 Å². The average Bonchev–Trinajstić information content (AvgIpc) is 2.68. The number of benzene rings is 1. The molecule has 0 atom stereocenters. The number of fused-ring (bicyclic) bond motifs is 1. The first-order chi connectivity index (χ1) is 9.74. The number of anilines is 1. The predicted molar refractivity (Wildman–Crippen MR) is 74.2 cm³/mol. The van der Waals surface area contributed by atoms with E-state index in [4.69, 9.17) is 10.5 Å². The summed E-state index contributed by atoms with van der Waals surface area (Å²) in [7, 11) is 0. The molecule has 1 aliphatic carbocycles. The van der Waals surface area contributed by atoms with Gasteiger partial charge in [-0.25, -0.2) is 14.4 Å². The summed E-state index contributed by atoms with van der Waals surface area (Å²) in [6.07, 6.45) is 6.81. The number of nitrogens with zero attached hydrogens (tertiary/aromatic N) is 2. The van der Waals surface area contributed by atoms with Crippen molar-refractivity contribution in [3.05, 3.63) is 41.6 Å². The summed E-state index contributed by atoms with van der Waals surface area (Å²) >= 11 is 0. The molecule has 2 N–H and O–H groups in total. The summed E-state index contributed by atoms with van der Waals surface area (Å²) in [6, 6.07) is 4.09. The summed E-state index contributed by atoms with van der Waals surface area (Å²) in [4.78, 5) is 8.55. The number of rotatable bonds is 2. The Morgan fingerprint density at radius 1 is 1.10 bits per heavy atom. The molecule has 0 saturated heterocycles. The van der Waals surface area contributed by atoms with Crippen molar-refractivity contribution >= 4 is 5.69 Å². The van der Waals surface area contributed by atoms with Crippen LogP contribution in [-0.4, -0.2) is 9.97 Å². The van der Waals surface area contributed by atoms with Crippen LogP contribution >= 0.6 is 0 Å². The van der Waals surface area contributed by atoms with Gasteiger partial charge in [0.25, 0.3) is 0 Å². The molecule has 1 aromatic heterocycles. The summed E-state index contributed by atoms with van der Waals surface area (Å²) in [6.45, 7) is 0. The fraction of sp³-hybridized carbons (Fsp3) is 0.333. The molecule has 0 aliphatic heterocycles. The normalized spacial score (nSPS) is 14.4. The zero-order valence-electron chi connectivity index (χ0n) is 11.1. The Balaban J connectivity index is 1.94. The molecule has 2 aromatic rings. The Morgan fingerprint density at radius 2 is 1.95 bits per heavy atom. The first-order valence-electron chi connectivity index (χ1n) is 6.79. The van der Waals surface area contributed by atoms with Crippen molar-refractivity contribution < 1.29 is 9.13 Å². The van der Waals surface area contributed by atoms with Crippen molar-refractivity contribution in [2.24, 2.45) is 0 Å². The van der Waals surface area contributed by atoms with Gasteiger partial charge in [-0.3, -0.25) is 0 Å². The molecule has 104 valence electrons. The minimum Gasteiger partial charge on any atom is -0.436 e. The van der Waals surface area contributed by atoms with E-state index in [1.165, 1.54) is 30.9 Å². The zero-order valence-corrected chi connectivity index (χ0v) is 11.1. The van der Waals surface area contributed by atoms with Crippen LogP contribution in [0.2, 0.25) is 0 Å². The second-order valence-corrected chi connectivity index (χ2v) is 4.95. The van der Waals surface area contributed by atoms with Crippen molar-refractivity contribution in [3.63, 3.8) is 0 Å². The van der Waals surface area contributed by atoms with Gasteiger partial charge in [0.15, 0.2) is 5.75 Å². The van der Waals surface area contributed by atoms with Gasteiger partial charge in [-0.15, -0.1) is 0 Å². The van der Waals surface area contributed by atoms with E-state index < -0.39 is 0 Å². The van der Waals surface area contributed by atoms with E-state index in [2.05, 4.69) is 9.97 Å². The van der Waals surface area contributed by atoms with Crippen LogP contribution in [0, 0.1) is 5.82 Å². The monoisotopic (exact) mass is 273 g/mol. The van der Waals surface area contributed by atoms with E-state index in [1.54, 1.807) is 0 Å². The number of aryl methyl sites for hydroxylation is 1. The van der Waals surface area contributed by atoms with E-state index in [0.29, 0.717) is 11.6 Å². The average molecular weight is 273 g/mol. The number of aromatic nitrogens is 2. The molecule has 5 heteroatoms. The molecule has 0 radical (unpaired) electrons. The van der Waals surface area contributed by atoms with Gasteiger partial charge in [-0.2, -0.15) is 0 Å². The molecule has 0 saturated carbocycles. The van der Waals surface area contributed by atoms with Crippen LogP contribution in [0.4, 0.5) is 10.1 Å². The van der Waals surface area contributed by atoms with Crippen molar-refractivity contribution in [2.75, 3.05) is 5.73 Å². The van der Waals surface area contributed by atoms with Crippen molar-refractivity contribution in [1.82, 2.24) is 9.97 Å². The fourth-order valence-electron chi connectivity index (χ4n) is 2.47. The SMILES string of the molecule is Nc1cc(F)ccc1Oc1ncnc2c1CCCCC2. The summed E-state index contributed by atoms with van der Waals surface area (Å²) < 4.78 is 18.8. The summed E-state index contributed by atoms with van der Waals surface area (Å²) in [5, 5.41) is 0. The third-order valence-corrected chi connectivity index (χ3v) is 3.51. The fourth-order valence-corrected chi connectivity index (χ4v) is 2.47. The number of halogens is 1. The molecule has 1 aliphatic rings. The Morgan fingerprint density at radius 3 is 2.80 bits per heavy atom. The Hall–Kier alpha value is -2.17. The van der Waals surface area contributed by atoms with Gasteiger partial charge in [0.1, 0.15) is 12.1 Å². The zero-order chi connectivity index (χ0) is 13.9. The lowest BCUT2D eigenvalue weighted by atomic mass is 10.1. The Labute approximate surface area is 116 Å². The molecule has 0 amide bonds. The number of hydrogen-bond donors (Lipinski definition) is 1. The second-order valence-electron chi connectivity index (χ2n) is 4.95. The maximum Gasteiger partial charge on any atom is 0.225 e. The van der Waals surface area contributed by atoms with E-state index in [-0.39, 0.29) is 11.5 Å². The van der Waals surface area contributed by atoms with Crippen molar-refractivity contribution in [1.29, 1.82) is 0 Å². The third kappa shape index (κ3) is 2.57. The third-order valence-electron chi connectivity index (χ3n) is 3.51. The Bertz CT molecular complexity index is 631. The van der Waals surface area contributed by atoms with Crippen LogP contribution in [0.5, 0.6) is 11.6 Å². The largest absolute Gasteiger partial charge is 0.436 e. The van der Waals surface area contributed by atoms with E-state index in [9.17, 15) is 4.39 Å². The minimum absolute atomic E-state index is 0.269. The van der Waals surface area contributed by atoms with E-state index in [0.717, 1.165) is 36.9 Å². The lowest BCUT2D eigenvalue weighted by molar-refractivity contribution is 0.453. The number of hydrogen-bond acceptors (Lipinski definition) is 4. The van der Waals surface area contributed by atoms with Gasteiger partial charge >= 0.3 is 0 Å². The predicted octanol–water partition coefficient (Wildman–Crippen LogP) is 3.26. The maximum atomic E-state index is 13.1. The molecule has 20 heavy (non-hydrogen) atoms. The highest BCUT2D eigenvalue weighted by Crippen LogP contribution is 2.31. The van der Waals surface area contributed by atoms with Crippen molar-refractivity contribution in [3.8, 4) is 11.6 Å². The van der Waals surface area contributed by atoms with Gasteiger partial charge in [0, 0.05) is 11.6 Å². The smallest absolute Gasteiger partial charge is 0.225 e. The molecule has 0 bridgehead atoms. The number of nitrogens with two attached hydrogens (primary N) is 1. The van der Waals surface area contributed by atoms with Gasteiger partial charge in [-0.05, 0) is 37.8 Å². The van der Waals surface area contributed by atoms with Crippen LogP contribution in [0.25, 0.3) is 0 Å². The highest BCUT2D eigenvalue weighted by molar-refractivity contribution is 5.54. The first-order valence-corrected chi connectivity index (χ1v) is 6.79. The molecule has 3 rings (SSSR count). The van der Waals surface area contributed by atoms with Gasteiger partial charge in [-0.1, -0.05) is 6.42 Å². The topological polar surface area (TPSA) is 61.0 Å². The first kappa shape index (κ1) is 12.8. The molecule has 1 heterocycles. The maximum absolute atomic E-state index is 13.1. The quantitative estimate of drug-likeness (QED) is 0.674.